The van der Waals surface area contributed by atoms with Crippen LogP contribution in [-0.2, 0) is 14.3 Å². The molecule has 2 fully saturated rings. The normalized spacial score (nSPS) is 23.3. The van der Waals surface area contributed by atoms with Crippen LogP contribution in [0.25, 0.3) is 6.08 Å². The molecule has 2 amide bonds. The number of fused-ring (bicyclic) bond motifs is 5. The molecule has 0 saturated carbocycles. The number of unbranched alkanes of at least 4 members (excludes halogenated alkanes) is 1. The molecule has 0 spiro atoms. The first kappa shape index (κ1) is 23.9. The molecule has 0 N–H and O–H groups in total. The SMILES string of the molecule is CCCCOC(=O)c1ccc(N2C(=O)[C@@H]3[C@@H](C2=O)[C@H]2c4ccccc4C=CN2[C@@H]3C(=O)c2ccco2)cc1. The van der Waals surface area contributed by atoms with Crippen molar-refractivity contribution in [1.82, 2.24) is 4.90 Å². The summed E-state index contributed by atoms with van der Waals surface area (Å²) in [6.45, 7) is 2.35. The summed E-state index contributed by atoms with van der Waals surface area (Å²) in [6.07, 6.45) is 6.82. The summed E-state index contributed by atoms with van der Waals surface area (Å²) in [7, 11) is 0. The van der Waals surface area contributed by atoms with Crippen LogP contribution in [0.1, 0.15) is 57.8 Å². The minimum absolute atomic E-state index is 0.145. The summed E-state index contributed by atoms with van der Waals surface area (Å²) < 4.78 is 10.7. The predicted molar refractivity (Wildman–Crippen MR) is 138 cm³/mol. The summed E-state index contributed by atoms with van der Waals surface area (Å²) in [5, 5.41) is 0. The Morgan fingerprint density at radius 3 is 2.45 bits per heavy atom. The second-order valence-corrected chi connectivity index (χ2v) is 9.72. The number of benzene rings is 2. The third-order valence-corrected chi connectivity index (χ3v) is 7.59. The van der Waals surface area contributed by atoms with Crippen molar-refractivity contribution in [3.8, 4) is 0 Å². The van der Waals surface area contributed by atoms with Crippen LogP contribution in [0, 0.1) is 11.8 Å². The highest BCUT2D eigenvalue weighted by Gasteiger charge is 2.64. The Morgan fingerprint density at radius 2 is 1.71 bits per heavy atom. The molecule has 38 heavy (non-hydrogen) atoms. The number of furan rings is 1. The van der Waals surface area contributed by atoms with Crippen LogP contribution in [0.4, 0.5) is 5.69 Å². The number of ether oxygens (including phenoxy) is 1. The number of amides is 2. The summed E-state index contributed by atoms with van der Waals surface area (Å²) in [4.78, 5) is 56.8. The zero-order valence-electron chi connectivity index (χ0n) is 20.8. The average Bonchev–Trinajstić information content (AvgIpc) is 3.65. The van der Waals surface area contributed by atoms with Gasteiger partial charge in [0.1, 0.15) is 6.04 Å². The van der Waals surface area contributed by atoms with Crippen molar-refractivity contribution in [2.24, 2.45) is 11.8 Å². The average molecular weight is 511 g/mol. The van der Waals surface area contributed by atoms with Gasteiger partial charge in [0.05, 0.1) is 42.0 Å². The van der Waals surface area contributed by atoms with Gasteiger partial charge in [-0.1, -0.05) is 37.6 Å². The first-order valence-electron chi connectivity index (χ1n) is 12.8. The molecule has 0 bridgehead atoms. The molecular weight excluding hydrogens is 484 g/mol. The number of hydrogen-bond donors (Lipinski definition) is 0. The molecular formula is C30H26N2O6. The smallest absolute Gasteiger partial charge is 0.338 e. The molecule has 6 rings (SSSR count). The van der Waals surface area contributed by atoms with Gasteiger partial charge in [-0.15, -0.1) is 0 Å². The number of nitrogens with zero attached hydrogens (tertiary/aromatic N) is 2. The fourth-order valence-corrected chi connectivity index (χ4v) is 5.82. The molecule has 3 aliphatic heterocycles. The number of imide groups is 1. The molecule has 0 aliphatic carbocycles. The molecule has 0 unspecified atom stereocenters. The lowest BCUT2D eigenvalue weighted by Crippen LogP contribution is -2.44. The number of rotatable bonds is 7. The van der Waals surface area contributed by atoms with Crippen LogP contribution < -0.4 is 4.90 Å². The maximum atomic E-state index is 13.9. The Bertz CT molecular complexity index is 1440. The summed E-state index contributed by atoms with van der Waals surface area (Å²) in [5.74, 6) is -3.10. The highest BCUT2D eigenvalue weighted by molar-refractivity contribution is 6.24. The number of anilines is 1. The van der Waals surface area contributed by atoms with Crippen molar-refractivity contribution in [3.63, 3.8) is 0 Å². The van der Waals surface area contributed by atoms with E-state index in [-0.39, 0.29) is 17.5 Å². The monoisotopic (exact) mass is 510 g/mol. The largest absolute Gasteiger partial charge is 0.462 e. The van der Waals surface area contributed by atoms with E-state index in [1.807, 2.05) is 42.2 Å². The highest BCUT2D eigenvalue weighted by Crippen LogP contribution is 2.53. The Kier molecular flexibility index (Phi) is 5.94. The molecule has 0 radical (unpaired) electrons. The van der Waals surface area contributed by atoms with Gasteiger partial charge < -0.3 is 14.1 Å². The van der Waals surface area contributed by atoms with Gasteiger partial charge >= 0.3 is 5.97 Å². The van der Waals surface area contributed by atoms with Crippen LogP contribution in [0.3, 0.4) is 0 Å². The van der Waals surface area contributed by atoms with Crippen molar-refractivity contribution in [2.75, 3.05) is 11.5 Å². The van der Waals surface area contributed by atoms with Gasteiger partial charge in [0, 0.05) is 6.20 Å². The van der Waals surface area contributed by atoms with E-state index < -0.39 is 35.8 Å². The maximum Gasteiger partial charge on any atom is 0.338 e. The minimum Gasteiger partial charge on any atom is -0.462 e. The maximum absolute atomic E-state index is 13.9. The van der Waals surface area contributed by atoms with E-state index in [1.165, 1.54) is 6.26 Å². The van der Waals surface area contributed by atoms with Gasteiger partial charge in [-0.2, -0.15) is 0 Å². The van der Waals surface area contributed by atoms with E-state index in [0.717, 1.165) is 28.9 Å². The minimum atomic E-state index is -0.893. The number of carbonyl (C=O) groups is 4. The molecule has 192 valence electrons. The van der Waals surface area contributed by atoms with Crippen molar-refractivity contribution in [1.29, 1.82) is 0 Å². The van der Waals surface area contributed by atoms with Crippen LogP contribution >= 0.6 is 0 Å². The second-order valence-electron chi connectivity index (χ2n) is 9.72. The molecule has 3 aliphatic rings. The van der Waals surface area contributed by atoms with E-state index in [4.69, 9.17) is 9.15 Å². The van der Waals surface area contributed by atoms with Gasteiger partial charge in [-0.3, -0.25) is 14.4 Å². The van der Waals surface area contributed by atoms with Crippen molar-refractivity contribution < 1.29 is 28.3 Å². The van der Waals surface area contributed by atoms with Crippen molar-refractivity contribution in [3.05, 3.63) is 95.6 Å². The number of esters is 1. The molecule has 8 heteroatoms. The zero-order chi connectivity index (χ0) is 26.4. The van der Waals surface area contributed by atoms with Gasteiger partial charge in [0.15, 0.2) is 5.76 Å². The third-order valence-electron chi connectivity index (χ3n) is 7.59. The quantitative estimate of drug-likeness (QED) is 0.198. The molecule has 2 aromatic carbocycles. The fourth-order valence-electron chi connectivity index (χ4n) is 5.82. The van der Waals surface area contributed by atoms with Crippen LogP contribution in [0.2, 0.25) is 0 Å². The Morgan fingerprint density at radius 1 is 0.947 bits per heavy atom. The van der Waals surface area contributed by atoms with Crippen LogP contribution in [0.15, 0.2) is 77.5 Å². The first-order chi connectivity index (χ1) is 18.5. The van der Waals surface area contributed by atoms with E-state index >= 15 is 0 Å². The standard InChI is InChI=1S/C30H26N2O6/c1-2-3-16-38-30(36)19-10-12-20(13-11-19)32-28(34)23-24(29(32)35)26(27(33)22-9-6-17-37-22)31-15-14-18-7-4-5-8-21(18)25(23)31/h4-15,17,23-26H,2-3,16H2,1H3/t23-,24-,25-,26+/m1/s1. The van der Waals surface area contributed by atoms with Gasteiger partial charge in [0.2, 0.25) is 17.6 Å². The zero-order valence-corrected chi connectivity index (χ0v) is 20.8. The first-order valence-corrected chi connectivity index (χ1v) is 12.8. The lowest BCUT2D eigenvalue weighted by atomic mass is 9.84. The third kappa shape index (κ3) is 3.67. The highest BCUT2D eigenvalue weighted by atomic mass is 16.5. The molecule has 4 heterocycles. The summed E-state index contributed by atoms with van der Waals surface area (Å²) in [6, 6.07) is 15.8. The van der Waals surface area contributed by atoms with Crippen LogP contribution in [-0.4, -0.2) is 41.1 Å². The fraction of sp³-hybridized carbons (Fsp3) is 0.267. The molecule has 1 aromatic heterocycles. The van der Waals surface area contributed by atoms with Gasteiger partial charge in [-0.05, 0) is 60.0 Å². The summed E-state index contributed by atoms with van der Waals surface area (Å²) >= 11 is 0. The lowest BCUT2D eigenvalue weighted by molar-refractivity contribution is -0.123. The Hall–Kier alpha value is -4.46. The van der Waals surface area contributed by atoms with E-state index in [9.17, 15) is 19.2 Å². The van der Waals surface area contributed by atoms with Crippen molar-refractivity contribution >= 4 is 35.3 Å². The topological polar surface area (TPSA) is 97.1 Å². The lowest BCUT2D eigenvalue weighted by Gasteiger charge is -2.35. The number of ketones is 1. The molecule has 8 nitrogen and oxygen atoms in total. The van der Waals surface area contributed by atoms with E-state index in [1.54, 1.807) is 42.6 Å². The van der Waals surface area contributed by atoms with E-state index in [0.29, 0.717) is 17.9 Å². The molecule has 2 saturated heterocycles. The Labute approximate surface area is 219 Å². The van der Waals surface area contributed by atoms with E-state index in [2.05, 4.69) is 0 Å². The Balaban J connectivity index is 1.36. The predicted octanol–water partition coefficient (Wildman–Crippen LogP) is 4.63. The van der Waals surface area contributed by atoms with Crippen molar-refractivity contribution in [2.45, 2.75) is 31.8 Å². The van der Waals surface area contributed by atoms with Gasteiger partial charge in [0.25, 0.3) is 0 Å². The number of carbonyl (C=O) groups excluding carboxylic acids is 4. The number of hydrogen-bond acceptors (Lipinski definition) is 7. The second kappa shape index (κ2) is 9.45. The van der Waals surface area contributed by atoms with Gasteiger partial charge in [-0.25, -0.2) is 9.69 Å². The summed E-state index contributed by atoms with van der Waals surface area (Å²) in [5.41, 5.74) is 2.54. The molecule has 3 aromatic rings. The van der Waals surface area contributed by atoms with Crippen LogP contribution in [0.5, 0.6) is 0 Å². The molecule has 4 atom stereocenters. The number of Topliss-reactive ketones (excluding diaryl/α,β-unsaturated/α-hetero) is 1.